The van der Waals surface area contributed by atoms with Gasteiger partial charge in [0.1, 0.15) is 55.1 Å². The zero-order valence-electron chi connectivity index (χ0n) is 36.4. The summed E-state index contributed by atoms with van der Waals surface area (Å²) >= 11 is 0. The highest BCUT2D eigenvalue weighted by atomic mass is 16.6. The molecule has 0 fully saturated rings. The lowest BCUT2D eigenvalue weighted by Crippen LogP contribution is -2.30. The van der Waals surface area contributed by atoms with E-state index in [4.69, 9.17) is 37.9 Å². The van der Waals surface area contributed by atoms with E-state index in [9.17, 15) is 29.1 Å². The standard InChI is InChI=1S/C52H44N2O14/c1-5-46(55)63-31-39(65-48(57)7-3)29-61-36-21-17-33(18-22-36)51(59)67-38-25-26-45(35(27-38)28-53-54-50-43-15-11-9-13-41(43)42-14-10-12-16-44(42)50)68-52(60)34-19-23-37(24-20-34)62-30-40(66-49(58)8-4)32-64-47(56)6-2/h5-28,39-40,51,59H,1-4,29-32H2/b53-28+. The van der Waals surface area contributed by atoms with Gasteiger partial charge in [-0.15, -0.1) is 5.10 Å². The molecule has 5 aromatic rings. The van der Waals surface area contributed by atoms with Crippen molar-refractivity contribution in [1.29, 1.82) is 0 Å². The number of hydrogen-bond acceptors (Lipinski definition) is 16. The lowest BCUT2D eigenvalue weighted by atomic mass is 10.1. The third kappa shape index (κ3) is 13.3. The van der Waals surface area contributed by atoms with Crippen LogP contribution in [0.1, 0.15) is 38.9 Å². The number of ether oxygens (including phenoxy) is 8. The van der Waals surface area contributed by atoms with Crippen molar-refractivity contribution in [2.24, 2.45) is 10.2 Å². The Morgan fingerprint density at radius 1 is 0.559 bits per heavy atom. The first-order valence-corrected chi connectivity index (χ1v) is 20.7. The van der Waals surface area contributed by atoms with Crippen molar-refractivity contribution in [2.75, 3.05) is 26.4 Å². The molecule has 1 N–H and O–H groups in total. The molecule has 0 saturated carbocycles. The predicted octanol–water partition coefficient (Wildman–Crippen LogP) is 7.24. The number of carbonyl (C=O) groups is 5. The summed E-state index contributed by atoms with van der Waals surface area (Å²) in [4.78, 5) is 60.2. The van der Waals surface area contributed by atoms with E-state index in [1.54, 1.807) is 24.3 Å². The van der Waals surface area contributed by atoms with Crippen LogP contribution in [0.4, 0.5) is 0 Å². The molecule has 0 bridgehead atoms. The molecule has 0 amide bonds. The molecule has 0 heterocycles. The van der Waals surface area contributed by atoms with E-state index in [-0.39, 0.29) is 49.1 Å². The van der Waals surface area contributed by atoms with Gasteiger partial charge in [-0.05, 0) is 77.9 Å². The van der Waals surface area contributed by atoms with Crippen LogP contribution in [0, 0.1) is 0 Å². The second-order valence-electron chi connectivity index (χ2n) is 14.3. The van der Waals surface area contributed by atoms with E-state index >= 15 is 0 Å². The molecule has 346 valence electrons. The number of rotatable bonds is 23. The lowest BCUT2D eigenvalue weighted by Gasteiger charge is -2.18. The lowest BCUT2D eigenvalue weighted by molar-refractivity contribution is -0.154. The van der Waals surface area contributed by atoms with Crippen LogP contribution in [0.5, 0.6) is 23.0 Å². The number of aliphatic hydroxyl groups excluding tert-OH is 1. The predicted molar refractivity (Wildman–Crippen MR) is 248 cm³/mol. The molecule has 0 aliphatic heterocycles. The number of hydrogen-bond donors (Lipinski definition) is 1. The fourth-order valence-electron chi connectivity index (χ4n) is 6.32. The van der Waals surface area contributed by atoms with Gasteiger partial charge in [-0.3, -0.25) is 0 Å². The molecule has 3 unspecified atom stereocenters. The van der Waals surface area contributed by atoms with Gasteiger partial charge >= 0.3 is 29.8 Å². The topological polar surface area (TPSA) is 204 Å². The van der Waals surface area contributed by atoms with Crippen molar-refractivity contribution in [3.05, 3.63) is 194 Å². The molecule has 1 aliphatic rings. The molecular weight excluding hydrogens is 877 g/mol. The molecule has 1 aliphatic carbocycles. The average molecular weight is 921 g/mol. The molecule has 16 nitrogen and oxygen atoms in total. The molecule has 6 rings (SSSR count). The number of aliphatic hydroxyl groups is 1. The molecule has 0 radical (unpaired) electrons. The second-order valence-corrected chi connectivity index (χ2v) is 14.3. The van der Waals surface area contributed by atoms with Crippen molar-refractivity contribution < 1.29 is 67.0 Å². The Bertz CT molecular complexity index is 2700. The van der Waals surface area contributed by atoms with Crippen LogP contribution in [-0.2, 0) is 38.1 Å². The van der Waals surface area contributed by atoms with Crippen LogP contribution in [0.25, 0.3) is 11.1 Å². The molecular formula is C52H44N2O14. The van der Waals surface area contributed by atoms with E-state index in [1.807, 2.05) is 48.5 Å². The largest absolute Gasteiger partial charge is 0.490 e. The minimum atomic E-state index is -1.47. The van der Waals surface area contributed by atoms with E-state index in [1.165, 1.54) is 48.7 Å². The highest BCUT2D eigenvalue weighted by Crippen LogP contribution is 2.37. The summed E-state index contributed by atoms with van der Waals surface area (Å²) in [6.45, 7) is 12.5. The number of nitrogens with zero attached hydrogens (tertiary/aromatic N) is 2. The van der Waals surface area contributed by atoms with Crippen LogP contribution in [0.2, 0.25) is 0 Å². The summed E-state index contributed by atoms with van der Waals surface area (Å²) in [5.41, 5.74) is 5.26. The summed E-state index contributed by atoms with van der Waals surface area (Å²) in [5.74, 6) is -2.68. The maximum Gasteiger partial charge on any atom is 0.343 e. The van der Waals surface area contributed by atoms with E-state index < -0.39 is 48.3 Å². The number of benzene rings is 5. The van der Waals surface area contributed by atoms with Gasteiger partial charge in [-0.25, -0.2) is 24.0 Å². The van der Waals surface area contributed by atoms with E-state index in [0.717, 1.165) is 46.6 Å². The van der Waals surface area contributed by atoms with Gasteiger partial charge in [-0.1, -0.05) is 74.8 Å². The van der Waals surface area contributed by atoms with Crippen LogP contribution >= 0.6 is 0 Å². The van der Waals surface area contributed by atoms with Crippen molar-refractivity contribution in [1.82, 2.24) is 0 Å². The molecule has 5 aromatic carbocycles. The molecule has 0 saturated heterocycles. The zero-order valence-corrected chi connectivity index (χ0v) is 36.4. The Balaban J connectivity index is 1.18. The minimum Gasteiger partial charge on any atom is -0.490 e. The molecule has 68 heavy (non-hydrogen) atoms. The van der Waals surface area contributed by atoms with Gasteiger partial charge in [-0.2, -0.15) is 5.10 Å². The molecule has 3 atom stereocenters. The normalized spacial score (nSPS) is 12.4. The summed E-state index contributed by atoms with van der Waals surface area (Å²) in [7, 11) is 0. The first kappa shape index (κ1) is 48.6. The Hall–Kier alpha value is -8.89. The van der Waals surface area contributed by atoms with E-state index in [0.29, 0.717) is 22.8 Å². The van der Waals surface area contributed by atoms with Gasteiger partial charge in [0.15, 0.2) is 12.2 Å². The van der Waals surface area contributed by atoms with Crippen LogP contribution in [-0.4, -0.2) is 85.5 Å². The number of fused-ring (bicyclic) bond motifs is 3. The summed E-state index contributed by atoms with van der Waals surface area (Å²) < 4.78 is 43.6. The van der Waals surface area contributed by atoms with Crippen LogP contribution < -0.4 is 18.9 Å². The Morgan fingerprint density at radius 2 is 1.03 bits per heavy atom. The van der Waals surface area contributed by atoms with Gasteiger partial charge in [0, 0.05) is 46.6 Å². The Morgan fingerprint density at radius 3 is 1.53 bits per heavy atom. The fourth-order valence-corrected chi connectivity index (χ4v) is 6.32. The van der Waals surface area contributed by atoms with Crippen molar-refractivity contribution in [2.45, 2.75) is 18.5 Å². The first-order valence-electron chi connectivity index (χ1n) is 20.7. The summed E-state index contributed by atoms with van der Waals surface area (Å²) in [6, 6.07) is 32.4. The maximum atomic E-state index is 13.5. The fraction of sp³-hybridized carbons (Fsp3) is 0.135. The van der Waals surface area contributed by atoms with Gasteiger partial charge in [0.2, 0.25) is 6.29 Å². The highest BCUT2D eigenvalue weighted by Gasteiger charge is 2.24. The third-order valence-corrected chi connectivity index (χ3v) is 9.62. The van der Waals surface area contributed by atoms with Crippen molar-refractivity contribution in [3.63, 3.8) is 0 Å². The quantitative estimate of drug-likeness (QED) is 0.0128. The number of carbonyl (C=O) groups excluding carboxylic acids is 5. The van der Waals surface area contributed by atoms with Crippen LogP contribution in [0.15, 0.2) is 176 Å². The second kappa shape index (κ2) is 23.9. The van der Waals surface area contributed by atoms with Crippen molar-refractivity contribution in [3.8, 4) is 34.1 Å². The maximum absolute atomic E-state index is 13.5. The summed E-state index contributed by atoms with van der Waals surface area (Å²) in [5, 5.41) is 20.1. The monoisotopic (exact) mass is 920 g/mol. The van der Waals surface area contributed by atoms with Gasteiger partial charge in [0.25, 0.3) is 0 Å². The summed E-state index contributed by atoms with van der Waals surface area (Å²) in [6.07, 6.45) is 1.91. The zero-order chi connectivity index (χ0) is 48.4. The van der Waals surface area contributed by atoms with Crippen molar-refractivity contribution >= 4 is 41.8 Å². The smallest absolute Gasteiger partial charge is 0.343 e. The third-order valence-electron chi connectivity index (χ3n) is 9.62. The molecule has 0 aromatic heterocycles. The SMILES string of the molecule is C=CC(=O)OCC(COc1ccc(C(=O)Oc2ccc(OC(O)c3ccc(OCC(COC(=O)C=C)OC(=O)C=C)cc3)cc2/C=N/N=C2c3ccccc3-c3ccccc32)cc1)OC(=O)C=C. The van der Waals surface area contributed by atoms with E-state index in [2.05, 4.69) is 36.5 Å². The van der Waals surface area contributed by atoms with Gasteiger partial charge in [0.05, 0.1) is 11.8 Å². The highest BCUT2D eigenvalue weighted by molar-refractivity contribution is 6.24. The Labute approximate surface area is 390 Å². The average Bonchev–Trinajstić information content (AvgIpc) is 3.69. The van der Waals surface area contributed by atoms with Crippen LogP contribution in [0.3, 0.4) is 0 Å². The molecule has 16 heteroatoms. The number of esters is 5. The van der Waals surface area contributed by atoms with Gasteiger partial charge < -0.3 is 43.0 Å². The Kier molecular flexibility index (Phi) is 17.0. The minimum absolute atomic E-state index is 0.0899. The first-order chi connectivity index (χ1) is 33.0. The molecule has 0 spiro atoms.